The normalized spacial score (nSPS) is 11.8. The Morgan fingerprint density at radius 3 is 2.74 bits per heavy atom. The molecule has 0 aliphatic carbocycles. The molecule has 1 heterocycles. The summed E-state index contributed by atoms with van der Waals surface area (Å²) in [6.45, 7) is 2.08. The number of halogens is 1. The molecule has 0 radical (unpaired) electrons. The van der Waals surface area contributed by atoms with Crippen molar-refractivity contribution in [2.24, 2.45) is 0 Å². The number of hydrogen-bond donors (Lipinski definition) is 1. The number of benzene rings is 2. The zero-order valence-electron chi connectivity index (χ0n) is 14.8. The molecule has 0 bridgehead atoms. The summed E-state index contributed by atoms with van der Waals surface area (Å²) >= 11 is 1.11. The van der Waals surface area contributed by atoms with E-state index in [0.29, 0.717) is 12.3 Å². The molecule has 3 aromatic rings. The van der Waals surface area contributed by atoms with E-state index in [1.54, 1.807) is 32.2 Å². The molecule has 0 saturated carbocycles. The van der Waals surface area contributed by atoms with E-state index in [1.807, 2.05) is 24.3 Å². The average Bonchev–Trinajstić information content (AvgIpc) is 3.14. The molecule has 1 atom stereocenters. The van der Waals surface area contributed by atoms with E-state index >= 15 is 0 Å². The molecule has 0 saturated heterocycles. The van der Waals surface area contributed by atoms with Crippen molar-refractivity contribution in [3.8, 4) is 17.2 Å². The van der Waals surface area contributed by atoms with E-state index in [4.69, 9.17) is 9.15 Å². The number of rotatable bonds is 7. The van der Waals surface area contributed by atoms with Crippen LogP contribution in [0, 0.1) is 5.82 Å². The molecular weight excluding hydrogens is 369 g/mol. The van der Waals surface area contributed by atoms with E-state index in [2.05, 4.69) is 15.5 Å². The van der Waals surface area contributed by atoms with Crippen molar-refractivity contribution in [2.45, 2.75) is 23.9 Å². The first-order chi connectivity index (χ1) is 13.1. The summed E-state index contributed by atoms with van der Waals surface area (Å²) in [4.78, 5) is 12.3. The number of ether oxygens (including phenoxy) is 1. The van der Waals surface area contributed by atoms with Gasteiger partial charge in [-0.25, -0.2) is 4.39 Å². The highest BCUT2D eigenvalue weighted by Crippen LogP contribution is 2.27. The van der Waals surface area contributed by atoms with E-state index in [-0.39, 0.29) is 22.6 Å². The Hall–Kier alpha value is -2.87. The molecule has 1 amide bonds. The monoisotopic (exact) mass is 387 g/mol. The minimum atomic E-state index is -0.464. The molecule has 0 aliphatic heterocycles. The molecule has 0 fully saturated rings. The van der Waals surface area contributed by atoms with Gasteiger partial charge in [-0.2, -0.15) is 0 Å². The number of methoxy groups -OCH3 is 1. The van der Waals surface area contributed by atoms with Crippen LogP contribution in [0.5, 0.6) is 5.75 Å². The summed E-state index contributed by atoms with van der Waals surface area (Å²) in [5.41, 5.74) is 1.11. The van der Waals surface area contributed by atoms with Crippen molar-refractivity contribution in [3.05, 3.63) is 59.9 Å². The summed E-state index contributed by atoms with van der Waals surface area (Å²) in [6.07, 6.45) is 0. The van der Waals surface area contributed by atoms with Gasteiger partial charge in [-0.05, 0) is 25.1 Å². The van der Waals surface area contributed by atoms with Crippen molar-refractivity contribution >= 4 is 17.7 Å². The summed E-state index contributed by atoms with van der Waals surface area (Å²) in [5.74, 6) is 0.165. The predicted octanol–water partition coefficient (Wildman–Crippen LogP) is 3.68. The maximum Gasteiger partial charge on any atom is 0.277 e. The largest absolute Gasteiger partial charge is 0.496 e. The Balaban J connectivity index is 1.59. The second-order valence-electron chi connectivity index (χ2n) is 5.64. The van der Waals surface area contributed by atoms with Crippen molar-refractivity contribution in [3.63, 3.8) is 0 Å². The Morgan fingerprint density at radius 1 is 1.22 bits per heavy atom. The Morgan fingerprint density at radius 2 is 1.96 bits per heavy atom. The Bertz CT molecular complexity index is 932. The van der Waals surface area contributed by atoms with Crippen LogP contribution in [-0.4, -0.2) is 28.5 Å². The topological polar surface area (TPSA) is 77.2 Å². The van der Waals surface area contributed by atoms with Crippen LogP contribution >= 0.6 is 11.8 Å². The minimum Gasteiger partial charge on any atom is -0.496 e. The molecule has 0 aliphatic rings. The Labute approximate surface area is 160 Å². The average molecular weight is 387 g/mol. The number of nitrogens with zero attached hydrogens (tertiary/aromatic N) is 2. The minimum absolute atomic E-state index is 0.0808. The lowest BCUT2D eigenvalue weighted by Crippen LogP contribution is -2.30. The maximum absolute atomic E-state index is 13.8. The van der Waals surface area contributed by atoms with E-state index in [0.717, 1.165) is 17.3 Å². The number of thioether (sulfide) groups is 1. The van der Waals surface area contributed by atoms with Crippen LogP contribution in [0.25, 0.3) is 11.5 Å². The van der Waals surface area contributed by atoms with Gasteiger partial charge in [0.05, 0.1) is 17.9 Å². The summed E-state index contributed by atoms with van der Waals surface area (Å²) in [6, 6.07) is 13.6. The third kappa shape index (κ3) is 4.65. The number of nitrogens with one attached hydrogen (secondary N) is 1. The fourth-order valence-corrected chi connectivity index (χ4v) is 3.09. The third-order valence-corrected chi connectivity index (χ3v) is 4.74. The Kier molecular flexibility index (Phi) is 6.08. The van der Waals surface area contributed by atoms with Crippen LogP contribution in [0.1, 0.15) is 12.5 Å². The van der Waals surface area contributed by atoms with E-state index in [9.17, 15) is 9.18 Å². The van der Waals surface area contributed by atoms with Crippen molar-refractivity contribution < 1.29 is 18.3 Å². The summed E-state index contributed by atoms with van der Waals surface area (Å²) in [5, 5.41) is 10.3. The lowest BCUT2D eigenvalue weighted by Gasteiger charge is -2.12. The second kappa shape index (κ2) is 8.68. The van der Waals surface area contributed by atoms with Gasteiger partial charge >= 0.3 is 0 Å². The number of hydrogen-bond acceptors (Lipinski definition) is 6. The van der Waals surface area contributed by atoms with Crippen molar-refractivity contribution in [1.82, 2.24) is 15.5 Å². The van der Waals surface area contributed by atoms with Gasteiger partial charge in [0.1, 0.15) is 11.6 Å². The van der Waals surface area contributed by atoms with Crippen LogP contribution in [0.4, 0.5) is 4.39 Å². The number of amides is 1. The molecule has 1 N–H and O–H groups in total. The molecule has 140 valence electrons. The van der Waals surface area contributed by atoms with Gasteiger partial charge in [0.25, 0.3) is 11.1 Å². The number of carbonyl (C=O) groups excluding carboxylic acids is 1. The molecule has 0 unspecified atom stereocenters. The number of carbonyl (C=O) groups is 1. The quantitative estimate of drug-likeness (QED) is 0.623. The second-order valence-corrected chi connectivity index (χ2v) is 6.93. The van der Waals surface area contributed by atoms with Gasteiger partial charge in [0.15, 0.2) is 0 Å². The first-order valence-corrected chi connectivity index (χ1v) is 9.11. The first kappa shape index (κ1) is 18.9. The fraction of sp³-hybridized carbons (Fsp3) is 0.211. The highest BCUT2D eigenvalue weighted by Gasteiger charge is 2.19. The summed E-state index contributed by atoms with van der Waals surface area (Å²) in [7, 11) is 1.59. The molecule has 1 aromatic heterocycles. The molecule has 27 heavy (non-hydrogen) atoms. The molecule has 3 rings (SSSR count). The number of aromatic nitrogens is 2. The van der Waals surface area contributed by atoms with Crippen molar-refractivity contribution in [1.29, 1.82) is 0 Å². The lowest BCUT2D eigenvalue weighted by molar-refractivity contribution is -0.120. The zero-order chi connectivity index (χ0) is 19.2. The van der Waals surface area contributed by atoms with Gasteiger partial charge in [-0.15, -0.1) is 10.2 Å². The van der Waals surface area contributed by atoms with Crippen LogP contribution in [0.3, 0.4) is 0 Å². The van der Waals surface area contributed by atoms with Crippen molar-refractivity contribution in [2.75, 3.05) is 7.11 Å². The van der Waals surface area contributed by atoms with E-state index in [1.165, 1.54) is 6.07 Å². The van der Waals surface area contributed by atoms with Crippen LogP contribution in [-0.2, 0) is 11.3 Å². The van der Waals surface area contributed by atoms with Crippen LogP contribution < -0.4 is 10.1 Å². The van der Waals surface area contributed by atoms with Crippen LogP contribution in [0.15, 0.2) is 58.2 Å². The maximum atomic E-state index is 13.8. The van der Waals surface area contributed by atoms with E-state index < -0.39 is 11.1 Å². The highest BCUT2D eigenvalue weighted by atomic mass is 32.2. The predicted molar refractivity (Wildman–Crippen MR) is 99.9 cm³/mol. The molecule has 8 heteroatoms. The van der Waals surface area contributed by atoms with Gasteiger partial charge in [0, 0.05) is 12.1 Å². The molecule has 0 spiro atoms. The molecular formula is C19H18FN3O3S. The van der Waals surface area contributed by atoms with Gasteiger partial charge in [-0.1, -0.05) is 42.1 Å². The standard InChI is InChI=1S/C19H18FN3O3S/c1-12(17(24)21-11-13-7-3-6-10-16(13)25-2)27-19-23-22-18(26-19)14-8-4-5-9-15(14)20/h3-10,12H,11H2,1-2H3,(H,21,24)/t12-/m1/s1. The first-order valence-electron chi connectivity index (χ1n) is 8.23. The summed E-state index contributed by atoms with van der Waals surface area (Å²) < 4.78 is 24.5. The molecule has 6 nitrogen and oxygen atoms in total. The van der Waals surface area contributed by atoms with Gasteiger partial charge in [0.2, 0.25) is 5.91 Å². The van der Waals surface area contributed by atoms with Gasteiger partial charge < -0.3 is 14.5 Å². The number of para-hydroxylation sites is 1. The SMILES string of the molecule is COc1ccccc1CNC(=O)[C@@H](C)Sc1nnc(-c2ccccc2F)o1. The molecule has 2 aromatic carbocycles. The lowest BCUT2D eigenvalue weighted by atomic mass is 10.2. The zero-order valence-corrected chi connectivity index (χ0v) is 15.6. The smallest absolute Gasteiger partial charge is 0.277 e. The highest BCUT2D eigenvalue weighted by molar-refractivity contribution is 8.00. The fourth-order valence-electron chi connectivity index (χ4n) is 2.38. The van der Waals surface area contributed by atoms with Crippen LogP contribution in [0.2, 0.25) is 0 Å². The third-order valence-electron chi connectivity index (χ3n) is 3.80. The van der Waals surface area contributed by atoms with Gasteiger partial charge in [-0.3, -0.25) is 4.79 Å².